The van der Waals surface area contributed by atoms with E-state index in [1.165, 1.54) is 25.3 Å². The number of carbonyl (C=O) groups is 2. The first kappa shape index (κ1) is 35.4. The number of nitrogens with one attached hydrogen (secondary N) is 3. The number of rotatable bonds is 13. The molecule has 2 heterocycles. The minimum atomic E-state index is -2.26. The Labute approximate surface area is 297 Å². The minimum Gasteiger partial charge on any atom is -0.506 e. The molecule has 0 spiro atoms. The van der Waals surface area contributed by atoms with E-state index in [1.54, 1.807) is 91.0 Å². The molecule has 7 N–H and O–H groups in total. The molecule has 0 radical (unpaired) electrons. The first-order valence-corrected chi connectivity index (χ1v) is 16.2. The number of fused-ring (bicyclic) bond motifs is 1. The molecule has 0 unspecified atom stereocenters. The van der Waals surface area contributed by atoms with Crippen molar-refractivity contribution in [3.8, 4) is 22.8 Å². The van der Waals surface area contributed by atoms with Crippen LogP contribution in [0.4, 0.5) is 0 Å². The molecule has 264 valence electrons. The van der Waals surface area contributed by atoms with Crippen LogP contribution in [0.25, 0.3) is 22.2 Å². The maximum Gasteiger partial charge on any atom is 0.345 e. The van der Waals surface area contributed by atoms with Gasteiger partial charge in [0, 0.05) is 46.8 Å². The van der Waals surface area contributed by atoms with Crippen LogP contribution in [0, 0.1) is 0 Å². The second kappa shape index (κ2) is 15.2. The molecule has 0 fully saturated rings. The fourth-order valence-corrected chi connectivity index (χ4v) is 5.91. The number of phenols is 1. The van der Waals surface area contributed by atoms with Crippen LogP contribution in [-0.2, 0) is 23.5 Å². The number of amides is 1. The van der Waals surface area contributed by atoms with E-state index in [0.717, 1.165) is 5.56 Å². The number of carboxylic acids is 1. The maximum absolute atomic E-state index is 13.0. The number of aromatic nitrogens is 3. The molecule has 4 aromatic carbocycles. The van der Waals surface area contributed by atoms with Crippen molar-refractivity contribution >= 4 is 22.8 Å². The lowest BCUT2D eigenvalue weighted by molar-refractivity contribution is -0.155. The van der Waals surface area contributed by atoms with Crippen molar-refractivity contribution in [2.45, 2.75) is 24.8 Å². The number of methoxy groups -OCH3 is 1. The number of hydrogen-bond acceptors (Lipinski definition) is 10. The number of aromatic amines is 1. The molecule has 0 saturated carbocycles. The highest BCUT2D eigenvalue weighted by Crippen LogP contribution is 2.33. The molecular formula is C39H35N5O8. The van der Waals surface area contributed by atoms with Crippen LogP contribution in [0.5, 0.6) is 11.5 Å². The summed E-state index contributed by atoms with van der Waals surface area (Å²) in [5.74, 6) is -1.39. The molecular weight excluding hydrogens is 666 g/mol. The number of pyridine rings is 1. The maximum atomic E-state index is 13.0. The van der Waals surface area contributed by atoms with Gasteiger partial charge in [0.1, 0.15) is 11.5 Å². The van der Waals surface area contributed by atoms with Crippen LogP contribution in [0.15, 0.2) is 114 Å². The summed E-state index contributed by atoms with van der Waals surface area (Å²) >= 11 is 0. The lowest BCUT2D eigenvalue weighted by atomic mass is 9.85. The molecule has 0 saturated heterocycles. The van der Waals surface area contributed by atoms with Crippen LogP contribution < -0.4 is 20.9 Å². The number of aliphatic carboxylic acids is 1. The number of hydrogen-bond donors (Lipinski definition) is 7. The van der Waals surface area contributed by atoms with Crippen molar-refractivity contribution in [1.29, 1.82) is 0 Å². The van der Waals surface area contributed by atoms with Crippen molar-refractivity contribution < 1.29 is 34.8 Å². The van der Waals surface area contributed by atoms with Crippen LogP contribution >= 0.6 is 0 Å². The third kappa shape index (κ3) is 7.37. The predicted octanol–water partition coefficient (Wildman–Crippen LogP) is 3.77. The first-order valence-electron chi connectivity index (χ1n) is 16.2. The van der Waals surface area contributed by atoms with Crippen molar-refractivity contribution in [2.24, 2.45) is 0 Å². The van der Waals surface area contributed by atoms with Crippen LogP contribution in [0.2, 0.25) is 0 Å². The predicted molar refractivity (Wildman–Crippen MR) is 192 cm³/mol. The molecule has 1 amide bonds. The van der Waals surface area contributed by atoms with Crippen molar-refractivity contribution in [2.75, 3.05) is 13.7 Å². The molecule has 6 aromatic rings. The van der Waals surface area contributed by atoms with Gasteiger partial charge in [-0.1, -0.05) is 60.7 Å². The quantitative estimate of drug-likeness (QED) is 0.0923. The van der Waals surface area contributed by atoms with E-state index in [2.05, 4.69) is 25.8 Å². The summed E-state index contributed by atoms with van der Waals surface area (Å²) in [5, 5.41) is 57.2. The zero-order valence-corrected chi connectivity index (χ0v) is 27.9. The van der Waals surface area contributed by atoms with Gasteiger partial charge in [-0.2, -0.15) is 10.2 Å². The number of aliphatic hydroxyl groups excluding tert-OH is 1. The Kier molecular flexibility index (Phi) is 10.4. The number of aromatic hydroxyl groups is 1. The van der Waals surface area contributed by atoms with E-state index in [4.69, 9.17) is 4.74 Å². The monoisotopic (exact) mass is 701 g/mol. The Balaban J connectivity index is 1.06. The van der Waals surface area contributed by atoms with Gasteiger partial charge < -0.3 is 40.8 Å². The minimum absolute atomic E-state index is 0.0856. The molecule has 0 aliphatic heterocycles. The highest BCUT2D eigenvalue weighted by Gasteiger charge is 2.40. The Morgan fingerprint density at radius 2 is 1.67 bits per heavy atom. The average molecular weight is 702 g/mol. The van der Waals surface area contributed by atoms with Gasteiger partial charge in [0.25, 0.3) is 5.91 Å². The Morgan fingerprint density at radius 1 is 0.885 bits per heavy atom. The van der Waals surface area contributed by atoms with Gasteiger partial charge in [-0.05, 0) is 53.6 Å². The number of carbonyl (C=O) groups excluding carboxylic acids is 1. The van der Waals surface area contributed by atoms with Gasteiger partial charge in [0.05, 0.1) is 36.7 Å². The number of phenolic OH excluding ortho intramolecular Hbond substituents is 1. The highest BCUT2D eigenvalue weighted by atomic mass is 16.5. The van der Waals surface area contributed by atoms with Gasteiger partial charge in [0.2, 0.25) is 11.2 Å². The van der Waals surface area contributed by atoms with E-state index in [9.17, 15) is 34.8 Å². The fraction of sp³-hybridized carbons (Fsp3) is 0.154. The number of benzene rings is 4. The summed E-state index contributed by atoms with van der Waals surface area (Å²) < 4.78 is 5.53. The van der Waals surface area contributed by atoms with Gasteiger partial charge in [-0.15, -0.1) is 0 Å². The van der Waals surface area contributed by atoms with Gasteiger partial charge in [-0.3, -0.25) is 9.59 Å². The summed E-state index contributed by atoms with van der Waals surface area (Å²) in [4.78, 5) is 39.5. The third-order valence-corrected chi connectivity index (χ3v) is 8.70. The largest absolute Gasteiger partial charge is 0.506 e. The SMILES string of the molecule is COc1cc(C(=O)NCc2ccc(-c3cccc([C@](O)(C(=O)O)c4ccccc4)c3)nn2)ccc1CNC[C@H](O)c1ccc(O)c2[nH]c(=O)ccc12. The Hall–Kier alpha value is -6.41. The lowest BCUT2D eigenvalue weighted by Gasteiger charge is -2.25. The van der Waals surface area contributed by atoms with Gasteiger partial charge in [-0.25, -0.2) is 4.79 Å². The molecule has 0 bridgehead atoms. The van der Waals surface area contributed by atoms with Crippen molar-refractivity contribution in [3.63, 3.8) is 0 Å². The second-order valence-electron chi connectivity index (χ2n) is 12.0. The zero-order chi connectivity index (χ0) is 36.8. The van der Waals surface area contributed by atoms with Crippen LogP contribution in [0.1, 0.15) is 44.4 Å². The zero-order valence-electron chi connectivity index (χ0n) is 27.9. The standard InChI is InChI=1S/C39H35N5O8/c1-52-34-19-24(10-11-25(34)20-40-22-33(46)29-13-16-32(45)36-30(29)14-17-35(47)42-36)37(48)41-21-28-12-15-31(44-43-28)23-6-5-9-27(18-23)39(51,38(49)50)26-7-3-2-4-8-26/h2-19,33,40,45-46,51H,20-22H2,1H3,(H,41,48)(H,42,47)(H,49,50)/t33-,39-/m0/s1. The molecule has 6 rings (SSSR count). The Bertz CT molecular complexity index is 2300. The molecule has 2 aromatic heterocycles. The summed E-state index contributed by atoms with van der Waals surface area (Å²) in [5.41, 5.74) is 1.15. The number of nitrogens with zero attached hydrogens (tertiary/aromatic N) is 2. The van der Waals surface area contributed by atoms with E-state index < -0.39 is 17.7 Å². The van der Waals surface area contributed by atoms with Crippen LogP contribution in [-0.4, -0.2) is 61.1 Å². The number of H-pyrrole nitrogens is 1. The summed E-state index contributed by atoms with van der Waals surface area (Å²) in [6, 6.07) is 28.9. The molecule has 13 heteroatoms. The molecule has 52 heavy (non-hydrogen) atoms. The number of ether oxygens (including phenoxy) is 1. The van der Waals surface area contributed by atoms with Crippen molar-refractivity contribution in [1.82, 2.24) is 25.8 Å². The molecule has 0 aliphatic rings. The molecule has 13 nitrogen and oxygen atoms in total. The second-order valence-corrected chi connectivity index (χ2v) is 12.0. The van der Waals surface area contributed by atoms with E-state index in [0.29, 0.717) is 45.8 Å². The topological polar surface area (TPSA) is 207 Å². The summed E-state index contributed by atoms with van der Waals surface area (Å²) in [7, 11) is 1.50. The van der Waals surface area contributed by atoms with Crippen molar-refractivity contribution in [3.05, 3.63) is 153 Å². The number of aliphatic hydroxyl groups is 2. The van der Waals surface area contributed by atoms with Crippen LogP contribution in [0.3, 0.4) is 0 Å². The van der Waals surface area contributed by atoms with E-state index >= 15 is 0 Å². The summed E-state index contributed by atoms with van der Waals surface area (Å²) in [6.45, 7) is 0.567. The lowest BCUT2D eigenvalue weighted by Crippen LogP contribution is -2.36. The van der Waals surface area contributed by atoms with E-state index in [-0.39, 0.29) is 46.9 Å². The third-order valence-electron chi connectivity index (χ3n) is 8.70. The molecule has 0 aliphatic carbocycles. The fourth-order valence-electron chi connectivity index (χ4n) is 5.91. The highest BCUT2D eigenvalue weighted by molar-refractivity contribution is 5.94. The van der Waals surface area contributed by atoms with E-state index in [1.807, 2.05) is 0 Å². The summed E-state index contributed by atoms with van der Waals surface area (Å²) in [6.07, 6.45) is -0.941. The Morgan fingerprint density at radius 3 is 2.40 bits per heavy atom. The smallest absolute Gasteiger partial charge is 0.345 e. The number of carboxylic acid groups (broad SMARTS) is 1. The first-order chi connectivity index (χ1) is 25.1. The normalized spacial score (nSPS) is 12.9. The van der Waals surface area contributed by atoms with Gasteiger partial charge >= 0.3 is 5.97 Å². The average Bonchev–Trinajstić information content (AvgIpc) is 3.17. The molecule has 2 atom stereocenters. The van der Waals surface area contributed by atoms with Gasteiger partial charge in [0.15, 0.2) is 0 Å².